The number of fused-ring (bicyclic) bond motifs is 4. The summed E-state index contributed by atoms with van der Waals surface area (Å²) in [5.41, 5.74) is 13.8. The number of urea groups is 1. The summed E-state index contributed by atoms with van der Waals surface area (Å²) in [6.07, 6.45) is 1.70. The first-order valence-corrected chi connectivity index (χ1v) is 50.7. The fourth-order valence-electron chi connectivity index (χ4n) is 19.7. The zero-order chi connectivity index (χ0) is 103. The first-order valence-electron chi connectivity index (χ1n) is 49.8. The molecule has 11 amide bonds. The van der Waals surface area contributed by atoms with Gasteiger partial charge in [-0.3, -0.25) is 52.8 Å². The largest absolute Gasteiger partial charge is 0.481 e. The number of piperidine rings is 1. The number of likely N-dealkylation sites (N-methyl/N-ethyl adjacent to an activating group) is 2. The fraction of sp³-hybridized carbons (Fsp3) is 0.551. The highest BCUT2D eigenvalue weighted by Crippen LogP contribution is 2.45. The van der Waals surface area contributed by atoms with Crippen molar-refractivity contribution in [3.63, 3.8) is 0 Å². The molecule has 4 heterocycles. The van der Waals surface area contributed by atoms with E-state index in [-0.39, 0.29) is 170 Å². The number of methoxy groups -OCH3 is 2. The number of aromatic nitrogens is 2. The number of hydrazine groups is 1. The van der Waals surface area contributed by atoms with Crippen LogP contribution in [0.2, 0.25) is 0 Å². The molecule has 0 spiro atoms. The maximum absolute atomic E-state index is 15.0. The van der Waals surface area contributed by atoms with Gasteiger partial charge in [0.1, 0.15) is 36.1 Å². The number of carbonyl (C=O) groups is 13. The number of para-hydroxylation sites is 1. The Bertz CT molecular complexity index is 5300. The molecule has 2 fully saturated rings. The van der Waals surface area contributed by atoms with Gasteiger partial charge in [0.25, 0.3) is 0 Å². The monoisotopic (exact) mass is 1980 g/mol. The average molecular weight is 1980 g/mol. The molecule has 2 aliphatic heterocycles. The normalized spacial score (nSPS) is 15.9. The van der Waals surface area contributed by atoms with Crippen LogP contribution in [0.4, 0.5) is 14.4 Å². The predicted molar refractivity (Wildman–Crippen MR) is 540 cm³/mol. The molecule has 0 bridgehead atoms. The van der Waals surface area contributed by atoms with E-state index < -0.39 is 114 Å². The number of carboxylic acid groups (broad SMARTS) is 1. The number of benzene rings is 5. The van der Waals surface area contributed by atoms with Gasteiger partial charge in [0.2, 0.25) is 41.4 Å². The number of rotatable bonds is 56. The summed E-state index contributed by atoms with van der Waals surface area (Å²) in [6, 6.07) is 37.1. The van der Waals surface area contributed by atoms with Gasteiger partial charge in [0, 0.05) is 154 Å². The molecule has 11 atom stereocenters. The molecule has 7 N–H and O–H groups in total. The number of thiazole rings is 1. The van der Waals surface area contributed by atoms with Crippen LogP contribution in [0.1, 0.15) is 196 Å². The van der Waals surface area contributed by atoms with Gasteiger partial charge >= 0.3 is 24.2 Å². The minimum Gasteiger partial charge on any atom is -0.481 e. The molecule has 1 aliphatic carbocycles. The lowest BCUT2D eigenvalue weighted by Gasteiger charge is -2.41. The number of hydrogen-bond acceptors (Lipinski definition) is 22. The summed E-state index contributed by atoms with van der Waals surface area (Å²) >= 11 is 1.46. The SMILES string of the molecule is CC[C@H](C)[C@@H]([C@@H](CC(=O)N1CCC[C@H]1[C@H](OC)[C@@H](C)C(=O)N[C@@H](Cc1ccccc1)c1nccs1)OC)N(C)C(=O)[C@@H](NC(=O)[C@H](C(C)C)N(C)C(=O)OCc1ccc(CC(=O)[C@H](CCCNC(N)=O)NC(=O)[C@@H](CC(=O)CCC(=O)N(CCOCCOCCC(=O)O)C2CCN(C(=O)CCn3c(CN(C)N(C)C(=O)OCC4c5ccccc5-c5ccccc54)cc4ccccc43)CC2)C(C)C)cc1)C(C)C. The molecular formula is C107H148N14O20S. The van der Waals surface area contributed by atoms with Crippen molar-refractivity contribution in [1.29, 1.82) is 0 Å². The topological polar surface area (TPSA) is 412 Å². The number of aliphatic carboxylic acids is 1. The molecule has 2 aromatic heterocycles. The van der Waals surface area contributed by atoms with Gasteiger partial charge < -0.3 is 84.7 Å². The highest BCUT2D eigenvalue weighted by Gasteiger charge is 2.45. The number of carboxylic acids is 1. The second kappa shape index (κ2) is 55.0. The lowest BCUT2D eigenvalue weighted by Crippen LogP contribution is -2.60. The van der Waals surface area contributed by atoms with Crippen LogP contribution in [0.3, 0.4) is 0 Å². The van der Waals surface area contributed by atoms with Crippen molar-refractivity contribution < 1.29 is 95.9 Å². The quantitative estimate of drug-likeness (QED) is 0.0152. The molecule has 0 saturated carbocycles. The van der Waals surface area contributed by atoms with E-state index in [2.05, 4.69) is 61.2 Å². The van der Waals surface area contributed by atoms with Crippen LogP contribution in [0, 0.1) is 35.5 Å². The van der Waals surface area contributed by atoms with E-state index in [1.165, 1.54) is 35.4 Å². The summed E-state index contributed by atoms with van der Waals surface area (Å²) in [6.45, 7) is 18.9. The highest BCUT2D eigenvalue weighted by atomic mass is 32.1. The molecule has 5 aromatic carbocycles. The number of nitrogens with one attached hydrogen (secondary N) is 4. The van der Waals surface area contributed by atoms with E-state index >= 15 is 4.79 Å². The number of carbonyl (C=O) groups excluding carboxylic acids is 12. The predicted octanol–water partition coefficient (Wildman–Crippen LogP) is 12.6. The van der Waals surface area contributed by atoms with Gasteiger partial charge in [-0.25, -0.2) is 29.4 Å². The van der Waals surface area contributed by atoms with Gasteiger partial charge in [-0.2, -0.15) is 0 Å². The van der Waals surface area contributed by atoms with Crippen LogP contribution >= 0.6 is 11.3 Å². The molecule has 35 heteroatoms. The van der Waals surface area contributed by atoms with Gasteiger partial charge in [-0.15, -0.1) is 11.3 Å². The summed E-state index contributed by atoms with van der Waals surface area (Å²) < 4.78 is 37.5. The molecule has 10 rings (SSSR count). The van der Waals surface area contributed by atoms with E-state index in [1.54, 1.807) is 104 Å². The molecular weight excluding hydrogens is 1830 g/mol. The van der Waals surface area contributed by atoms with Gasteiger partial charge in [0.05, 0.1) is 88.1 Å². The third-order valence-electron chi connectivity index (χ3n) is 27.9. The lowest BCUT2D eigenvalue weighted by atomic mass is 9.88. The van der Waals surface area contributed by atoms with Crippen molar-refractivity contribution in [2.75, 3.05) is 108 Å². The smallest absolute Gasteiger partial charge is 0.424 e. The van der Waals surface area contributed by atoms with Crippen LogP contribution < -0.4 is 27.0 Å². The summed E-state index contributed by atoms with van der Waals surface area (Å²) in [4.78, 5) is 194. The number of ketones is 2. The molecule has 7 aromatic rings. The Morgan fingerprint density at radius 3 is 1.92 bits per heavy atom. The number of likely N-dealkylation sites (tertiary alicyclic amines) is 2. The van der Waals surface area contributed by atoms with Crippen molar-refractivity contribution in [3.8, 4) is 11.1 Å². The summed E-state index contributed by atoms with van der Waals surface area (Å²) in [5.74, 6) is -7.34. The zero-order valence-corrected chi connectivity index (χ0v) is 85.9. The first-order chi connectivity index (χ1) is 68.0. The van der Waals surface area contributed by atoms with E-state index in [4.69, 9.17) is 39.3 Å². The van der Waals surface area contributed by atoms with Crippen LogP contribution in [0.25, 0.3) is 22.0 Å². The standard InChI is InChI=1S/C107H148N14O20S/c1-16-71(8)98(91(136-14)64-94(126)121-50-27-37-89(121)99(137-15)72(9)100(129)112-87(103-109-49-59-142-103)60-73-28-18-17-19-29-73)115(11)104(132)96(69(4)5)113-102(131)97(70(6)7)116(12)106(134)140-66-75-40-38-74(39-41-75)61-90(123)86(35-26-48-110-105(108)133)111-101(130)84(68(2)3)63-79(122)42-43-93(125)120(54-56-139-58-57-138-55-47-95(127)128)77-44-51-118(52-45-77)92(124)46-53-119-78(62-76-30-20-25-36-88(76)119)65-114(10)117(13)107(135)141-67-85-82-33-23-21-31-80(82)81-32-22-24-34-83(81)85/h17-25,28-34,36,38-41,49,59,62,68-72,77,84-87,89,91,96-99H,16,26-27,35,37,42-48,50-58,60-61,63-67H2,1-15H3,(H,111,130)(H,112,129)(H,113,131)(H,127,128)(H3,108,110,133)/t71-,72+,84-,86-,87-,89-,91+,96-,97-,98-,99+/m0/s1. The van der Waals surface area contributed by atoms with Crippen molar-refractivity contribution in [2.24, 2.45) is 41.2 Å². The minimum absolute atomic E-state index is 0.00199. The van der Waals surface area contributed by atoms with Crippen LogP contribution in [-0.2, 0) is 109 Å². The van der Waals surface area contributed by atoms with Gasteiger partial charge in [-0.05, 0) is 125 Å². The van der Waals surface area contributed by atoms with Crippen LogP contribution in [-0.4, -0.2) is 283 Å². The second-order valence-electron chi connectivity index (χ2n) is 38.6. The molecule has 34 nitrogen and oxygen atoms in total. The van der Waals surface area contributed by atoms with Crippen molar-refractivity contribution in [2.45, 2.75) is 239 Å². The van der Waals surface area contributed by atoms with Crippen molar-refractivity contribution >= 4 is 99.3 Å². The van der Waals surface area contributed by atoms with Gasteiger partial charge in [-0.1, -0.05) is 190 Å². The van der Waals surface area contributed by atoms with E-state index in [1.807, 2.05) is 126 Å². The molecule has 142 heavy (non-hydrogen) atoms. The Kier molecular flexibility index (Phi) is 43.4. The molecule has 3 aliphatic rings. The van der Waals surface area contributed by atoms with Crippen LogP contribution in [0.15, 0.2) is 145 Å². The van der Waals surface area contributed by atoms with E-state index in [0.717, 1.165) is 49.4 Å². The Labute approximate surface area is 838 Å². The second-order valence-corrected chi connectivity index (χ2v) is 39.6. The third-order valence-corrected chi connectivity index (χ3v) is 28.8. The van der Waals surface area contributed by atoms with Crippen molar-refractivity contribution in [3.05, 3.63) is 184 Å². The molecule has 772 valence electrons. The number of hydrogen-bond donors (Lipinski definition) is 6. The molecule has 0 radical (unpaired) electrons. The summed E-state index contributed by atoms with van der Waals surface area (Å²) in [7, 11) is 9.65. The Morgan fingerprint density at radius 2 is 1.29 bits per heavy atom. The zero-order valence-electron chi connectivity index (χ0n) is 85.1. The van der Waals surface area contributed by atoms with Crippen molar-refractivity contribution in [1.82, 2.24) is 65.3 Å². The number of primary amides is 1. The number of nitrogens with zero attached hydrogens (tertiary/aromatic N) is 9. The van der Waals surface area contributed by atoms with Crippen LogP contribution in [0.5, 0.6) is 0 Å². The molecule has 2 saturated heterocycles. The Balaban J connectivity index is 0.703. The number of ether oxygens (including phenoxy) is 6. The minimum atomic E-state index is -1.11. The maximum Gasteiger partial charge on any atom is 0.424 e. The van der Waals surface area contributed by atoms with E-state index in [0.29, 0.717) is 82.4 Å². The maximum atomic E-state index is 15.0. The average Bonchev–Trinajstić information content (AvgIpc) is 1.61. The highest BCUT2D eigenvalue weighted by molar-refractivity contribution is 7.09. The van der Waals surface area contributed by atoms with E-state index in [9.17, 15) is 57.5 Å². The first kappa shape index (κ1) is 112. The summed E-state index contributed by atoms with van der Waals surface area (Å²) in [5, 5.41) is 27.6. The number of amides is 11. The Morgan fingerprint density at radius 1 is 0.634 bits per heavy atom. The Hall–Kier alpha value is -12.0. The fourth-order valence-corrected chi connectivity index (χ4v) is 20.3. The van der Waals surface area contributed by atoms with Gasteiger partial charge in [0.15, 0.2) is 5.78 Å². The number of aryl methyl sites for hydroxylation is 1. The third kappa shape index (κ3) is 31.0. The number of Topliss-reactive ketones (excluding diaryl/α,β-unsaturated/α-hetero) is 2. The lowest BCUT2D eigenvalue weighted by molar-refractivity contribution is -0.148. The number of nitrogens with two attached hydrogens (primary N) is 1. The molecule has 0 unspecified atom stereocenters.